The molecular formula is C15H23BN2O3. The first kappa shape index (κ1) is 16.0. The summed E-state index contributed by atoms with van der Waals surface area (Å²) < 4.78 is 12.0. The van der Waals surface area contributed by atoms with Crippen LogP contribution in [0.1, 0.15) is 27.7 Å². The number of rotatable bonds is 4. The second-order valence-electron chi connectivity index (χ2n) is 6.29. The fourth-order valence-corrected chi connectivity index (χ4v) is 2.07. The van der Waals surface area contributed by atoms with Gasteiger partial charge in [0.15, 0.2) is 0 Å². The van der Waals surface area contributed by atoms with Crippen molar-refractivity contribution in [3.8, 4) is 0 Å². The van der Waals surface area contributed by atoms with E-state index in [1.54, 1.807) is 7.05 Å². The summed E-state index contributed by atoms with van der Waals surface area (Å²) in [5.41, 5.74) is 1.00. The highest BCUT2D eigenvalue weighted by Gasteiger charge is 2.51. The van der Waals surface area contributed by atoms with Crippen molar-refractivity contribution in [3.05, 3.63) is 24.3 Å². The van der Waals surface area contributed by atoms with E-state index in [0.717, 1.165) is 11.2 Å². The molecule has 0 spiro atoms. The Morgan fingerprint density at radius 3 is 2.10 bits per heavy atom. The molecule has 0 unspecified atom stereocenters. The molecule has 2 N–H and O–H groups in total. The summed E-state index contributed by atoms with van der Waals surface area (Å²) in [6.07, 6.45) is 0. The Kier molecular flexibility index (Phi) is 4.42. The molecule has 1 amide bonds. The van der Waals surface area contributed by atoms with E-state index in [1.165, 1.54) is 0 Å². The average Bonchev–Trinajstić information content (AvgIpc) is 2.59. The Hall–Kier alpha value is -1.37. The first-order chi connectivity index (χ1) is 9.75. The van der Waals surface area contributed by atoms with Crippen molar-refractivity contribution >= 4 is 24.2 Å². The molecule has 1 aliphatic rings. The first-order valence-corrected chi connectivity index (χ1v) is 7.15. The van der Waals surface area contributed by atoms with E-state index in [1.807, 2.05) is 52.0 Å². The Morgan fingerprint density at radius 1 is 1.10 bits per heavy atom. The molecule has 0 bridgehead atoms. The summed E-state index contributed by atoms with van der Waals surface area (Å²) in [5.74, 6) is -0.0686. The quantitative estimate of drug-likeness (QED) is 0.817. The van der Waals surface area contributed by atoms with Crippen LogP contribution >= 0.6 is 0 Å². The van der Waals surface area contributed by atoms with Gasteiger partial charge in [0.2, 0.25) is 5.91 Å². The largest absolute Gasteiger partial charge is 0.494 e. The molecule has 6 heteroatoms. The summed E-state index contributed by atoms with van der Waals surface area (Å²) >= 11 is 0. The van der Waals surface area contributed by atoms with Gasteiger partial charge in [-0.15, -0.1) is 0 Å². The van der Waals surface area contributed by atoms with E-state index in [4.69, 9.17) is 9.31 Å². The third kappa shape index (κ3) is 3.45. The van der Waals surface area contributed by atoms with Crippen LogP contribution < -0.4 is 16.1 Å². The van der Waals surface area contributed by atoms with Crippen LogP contribution in [0.4, 0.5) is 5.69 Å². The van der Waals surface area contributed by atoms with Gasteiger partial charge in [-0.2, -0.15) is 0 Å². The number of likely N-dealkylation sites (N-methyl/N-ethyl adjacent to an activating group) is 1. The summed E-state index contributed by atoms with van der Waals surface area (Å²) in [5, 5.41) is 5.62. The summed E-state index contributed by atoms with van der Waals surface area (Å²) in [4.78, 5) is 11.5. The SMILES string of the molecule is CNCC(=O)Nc1ccc(B2OC(C)(C)C(C)(C)O2)cc1. The summed E-state index contributed by atoms with van der Waals surface area (Å²) in [6.45, 7) is 8.40. The van der Waals surface area contributed by atoms with Crippen LogP contribution in [0.5, 0.6) is 0 Å². The van der Waals surface area contributed by atoms with E-state index in [-0.39, 0.29) is 24.2 Å². The Balaban J connectivity index is 2.05. The van der Waals surface area contributed by atoms with Crippen LogP contribution in [-0.4, -0.2) is 37.8 Å². The number of carbonyl (C=O) groups is 1. The van der Waals surface area contributed by atoms with Crippen LogP contribution in [0.2, 0.25) is 0 Å². The monoisotopic (exact) mass is 290 g/mol. The predicted octanol–water partition coefficient (Wildman–Crippen LogP) is 1.14. The molecule has 1 aliphatic heterocycles. The van der Waals surface area contributed by atoms with E-state index in [0.29, 0.717) is 6.54 Å². The van der Waals surface area contributed by atoms with Gasteiger partial charge in [0.05, 0.1) is 17.7 Å². The van der Waals surface area contributed by atoms with Crippen LogP contribution in [0, 0.1) is 0 Å². The van der Waals surface area contributed by atoms with Gasteiger partial charge in [-0.05, 0) is 52.3 Å². The second-order valence-corrected chi connectivity index (χ2v) is 6.29. The van der Waals surface area contributed by atoms with Gasteiger partial charge in [0.1, 0.15) is 0 Å². The lowest BCUT2D eigenvalue weighted by Gasteiger charge is -2.32. The topological polar surface area (TPSA) is 59.6 Å². The average molecular weight is 290 g/mol. The van der Waals surface area contributed by atoms with Crippen molar-refractivity contribution in [2.24, 2.45) is 0 Å². The second kappa shape index (κ2) is 5.79. The van der Waals surface area contributed by atoms with Gasteiger partial charge in [-0.25, -0.2) is 0 Å². The fourth-order valence-electron chi connectivity index (χ4n) is 2.07. The van der Waals surface area contributed by atoms with Crippen LogP contribution in [0.15, 0.2) is 24.3 Å². The first-order valence-electron chi connectivity index (χ1n) is 7.15. The van der Waals surface area contributed by atoms with E-state index in [2.05, 4.69) is 10.6 Å². The normalized spacial score (nSPS) is 19.6. The standard InChI is InChI=1S/C15H23BN2O3/c1-14(2)15(3,4)21-16(20-14)11-6-8-12(9-7-11)18-13(19)10-17-5/h6-9,17H,10H2,1-5H3,(H,18,19). The van der Waals surface area contributed by atoms with Gasteiger partial charge >= 0.3 is 7.12 Å². The highest BCUT2D eigenvalue weighted by Crippen LogP contribution is 2.36. The zero-order valence-corrected chi connectivity index (χ0v) is 13.3. The molecule has 0 saturated carbocycles. The number of carbonyl (C=O) groups excluding carboxylic acids is 1. The van der Waals surface area contributed by atoms with Gasteiger partial charge in [-0.1, -0.05) is 12.1 Å². The minimum atomic E-state index is -0.378. The van der Waals surface area contributed by atoms with Gasteiger partial charge in [0, 0.05) is 5.69 Å². The number of hydrogen-bond acceptors (Lipinski definition) is 4. The molecule has 0 radical (unpaired) electrons. The van der Waals surface area contributed by atoms with Gasteiger partial charge in [0.25, 0.3) is 0 Å². The van der Waals surface area contributed by atoms with Crippen molar-refractivity contribution in [1.82, 2.24) is 5.32 Å². The van der Waals surface area contributed by atoms with E-state index >= 15 is 0 Å². The lowest BCUT2D eigenvalue weighted by atomic mass is 9.79. The van der Waals surface area contributed by atoms with Crippen LogP contribution in [0.3, 0.4) is 0 Å². The maximum atomic E-state index is 11.5. The molecule has 0 aromatic heterocycles. The molecule has 114 valence electrons. The minimum Gasteiger partial charge on any atom is -0.399 e. The maximum absolute atomic E-state index is 11.5. The van der Waals surface area contributed by atoms with Gasteiger partial charge in [-0.3, -0.25) is 4.79 Å². The molecule has 1 heterocycles. The Morgan fingerprint density at radius 2 is 1.62 bits per heavy atom. The minimum absolute atomic E-state index is 0.0686. The number of benzene rings is 1. The maximum Gasteiger partial charge on any atom is 0.494 e. The molecule has 1 aromatic carbocycles. The molecule has 1 aromatic rings. The Bertz CT molecular complexity index is 498. The number of nitrogens with one attached hydrogen (secondary N) is 2. The zero-order valence-electron chi connectivity index (χ0n) is 13.3. The van der Waals surface area contributed by atoms with E-state index in [9.17, 15) is 4.79 Å². The number of amides is 1. The van der Waals surface area contributed by atoms with Crippen LogP contribution in [0.25, 0.3) is 0 Å². The lowest BCUT2D eigenvalue weighted by molar-refractivity contribution is -0.115. The third-order valence-electron chi connectivity index (χ3n) is 4.06. The zero-order chi connectivity index (χ0) is 15.7. The predicted molar refractivity (Wildman–Crippen MR) is 84.7 cm³/mol. The van der Waals surface area contributed by atoms with Gasteiger partial charge < -0.3 is 19.9 Å². The third-order valence-corrected chi connectivity index (χ3v) is 4.06. The molecule has 21 heavy (non-hydrogen) atoms. The Labute approximate surface area is 126 Å². The summed E-state index contributed by atoms with van der Waals surface area (Å²) in [6, 6.07) is 7.54. The fraction of sp³-hybridized carbons (Fsp3) is 0.533. The van der Waals surface area contributed by atoms with Crippen molar-refractivity contribution < 1.29 is 14.1 Å². The summed E-state index contributed by atoms with van der Waals surface area (Å²) in [7, 11) is 1.36. The van der Waals surface area contributed by atoms with Crippen molar-refractivity contribution in [2.75, 3.05) is 18.9 Å². The smallest absolute Gasteiger partial charge is 0.399 e. The molecule has 0 aliphatic carbocycles. The van der Waals surface area contributed by atoms with Crippen molar-refractivity contribution in [1.29, 1.82) is 0 Å². The number of hydrogen-bond donors (Lipinski definition) is 2. The van der Waals surface area contributed by atoms with Crippen molar-refractivity contribution in [3.63, 3.8) is 0 Å². The molecule has 2 rings (SSSR count). The lowest BCUT2D eigenvalue weighted by Crippen LogP contribution is -2.41. The molecule has 0 atom stereocenters. The van der Waals surface area contributed by atoms with Crippen LogP contribution in [-0.2, 0) is 14.1 Å². The highest BCUT2D eigenvalue weighted by atomic mass is 16.7. The molecule has 5 nitrogen and oxygen atoms in total. The number of anilines is 1. The molecule has 1 fully saturated rings. The van der Waals surface area contributed by atoms with Crippen molar-refractivity contribution in [2.45, 2.75) is 38.9 Å². The molecule has 1 saturated heterocycles. The van der Waals surface area contributed by atoms with E-state index < -0.39 is 0 Å². The molecular weight excluding hydrogens is 267 g/mol. The highest BCUT2D eigenvalue weighted by molar-refractivity contribution is 6.62.